The summed E-state index contributed by atoms with van der Waals surface area (Å²) < 4.78 is 12.3. The van der Waals surface area contributed by atoms with Gasteiger partial charge in [-0.3, -0.25) is 19.3 Å². The topological polar surface area (TPSA) is 118 Å². The number of anilines is 2. The van der Waals surface area contributed by atoms with E-state index in [1.807, 2.05) is 34.4 Å². The maximum Gasteiger partial charge on any atom is 0.421 e. The van der Waals surface area contributed by atoms with Crippen LogP contribution in [-0.2, 0) is 35.2 Å². The van der Waals surface area contributed by atoms with Gasteiger partial charge in [0, 0.05) is 47.8 Å². The molecular weight excluding hydrogens is 700 g/mol. The van der Waals surface area contributed by atoms with Crippen LogP contribution in [-0.4, -0.2) is 80.7 Å². The molecule has 0 radical (unpaired) electrons. The molecule has 12 nitrogen and oxygen atoms in total. The zero-order chi connectivity index (χ0) is 40.2. The summed E-state index contributed by atoms with van der Waals surface area (Å²) in [6.07, 6.45) is 3.12. The third-order valence-electron chi connectivity index (χ3n) is 11.3. The van der Waals surface area contributed by atoms with Gasteiger partial charge in [-0.25, -0.2) is 19.4 Å². The molecular formula is C43H60N4O8. The first-order valence-corrected chi connectivity index (χ1v) is 19.8. The highest BCUT2D eigenvalue weighted by molar-refractivity contribution is 6.15. The van der Waals surface area contributed by atoms with Gasteiger partial charge < -0.3 is 9.47 Å². The highest BCUT2D eigenvalue weighted by Gasteiger charge is 2.60. The predicted molar refractivity (Wildman–Crippen MR) is 209 cm³/mol. The molecule has 0 unspecified atom stereocenters. The van der Waals surface area contributed by atoms with E-state index in [2.05, 4.69) is 69.2 Å². The SMILES string of the molecule is CCCON1C(C)(C)CC2(CC(=O)N(c3ccc(Cc4ccc(N5C(=O)CC6(CC(C)(C)N(OCCC)C(C)(C)C6)OC5=O)cc4)cc3)C(=O)O2)CC1(C)C. The van der Waals surface area contributed by atoms with E-state index < -0.39 is 45.5 Å². The number of benzene rings is 2. The van der Waals surface area contributed by atoms with Crippen LogP contribution in [0.25, 0.3) is 0 Å². The van der Waals surface area contributed by atoms with E-state index >= 15 is 0 Å². The van der Waals surface area contributed by atoms with Crippen LogP contribution in [0.4, 0.5) is 21.0 Å². The molecule has 4 amide bonds. The Bertz CT molecular complexity index is 1580. The molecule has 4 saturated heterocycles. The molecule has 12 heteroatoms. The summed E-state index contributed by atoms with van der Waals surface area (Å²) in [6, 6.07) is 14.6. The largest absolute Gasteiger partial charge is 0.442 e. The predicted octanol–water partition coefficient (Wildman–Crippen LogP) is 8.49. The Morgan fingerprint density at radius 3 is 1.11 bits per heavy atom. The van der Waals surface area contributed by atoms with Crippen LogP contribution >= 0.6 is 0 Å². The second-order valence-electron chi connectivity index (χ2n) is 18.6. The number of carbonyl (C=O) groups is 4. The van der Waals surface area contributed by atoms with Crippen molar-refractivity contribution < 1.29 is 38.3 Å². The van der Waals surface area contributed by atoms with Gasteiger partial charge in [-0.05, 0) is 110 Å². The Labute approximate surface area is 326 Å². The molecule has 0 aliphatic carbocycles. The lowest BCUT2D eigenvalue weighted by atomic mass is 9.70. The van der Waals surface area contributed by atoms with Crippen molar-refractivity contribution in [3.8, 4) is 0 Å². The molecule has 4 fully saturated rings. The van der Waals surface area contributed by atoms with Gasteiger partial charge in [0.1, 0.15) is 11.2 Å². The lowest BCUT2D eigenvalue weighted by Gasteiger charge is -2.58. The fraction of sp³-hybridized carbons (Fsp3) is 0.628. The molecule has 55 heavy (non-hydrogen) atoms. The van der Waals surface area contributed by atoms with Crippen molar-refractivity contribution in [2.75, 3.05) is 23.0 Å². The lowest BCUT2D eigenvalue weighted by Crippen LogP contribution is -2.68. The number of hydrogen-bond acceptors (Lipinski definition) is 10. The standard InChI is InChI=1S/C43H60N4O8/c1-11-21-52-46-38(3,4)26-42(27-39(46,5)6)24-34(48)44(36(50)54-42)32-17-13-30(14-18-32)23-31-15-19-33(20-16-31)45-35(49)25-43(55-37(45)51)28-40(7,8)47(53-22-12-2)41(9,10)29-43/h13-20H,11-12,21-29H2,1-10H3. The average molecular weight is 761 g/mol. The summed E-state index contributed by atoms with van der Waals surface area (Å²) in [5.41, 5.74) is -0.807. The minimum atomic E-state index is -0.915. The Hall–Kier alpha value is -3.84. The molecule has 2 aromatic carbocycles. The van der Waals surface area contributed by atoms with Crippen LogP contribution < -0.4 is 9.80 Å². The zero-order valence-electron chi connectivity index (χ0n) is 34.5. The van der Waals surface area contributed by atoms with Crippen molar-refractivity contribution in [1.82, 2.24) is 10.1 Å². The van der Waals surface area contributed by atoms with Gasteiger partial charge >= 0.3 is 12.2 Å². The molecule has 0 aromatic heterocycles. The Kier molecular flexibility index (Phi) is 10.8. The molecule has 0 N–H and O–H groups in total. The van der Waals surface area contributed by atoms with E-state index in [9.17, 15) is 19.2 Å². The van der Waals surface area contributed by atoms with Gasteiger partial charge in [-0.15, -0.1) is 0 Å². The molecule has 0 bridgehead atoms. The number of hydroxylamine groups is 4. The number of carbonyl (C=O) groups excluding carboxylic acids is 4. The van der Waals surface area contributed by atoms with Gasteiger partial charge in [0.2, 0.25) is 11.8 Å². The van der Waals surface area contributed by atoms with Gasteiger partial charge in [0.25, 0.3) is 0 Å². The Morgan fingerprint density at radius 2 is 0.836 bits per heavy atom. The number of imide groups is 2. The van der Waals surface area contributed by atoms with E-state index in [0.717, 1.165) is 33.8 Å². The maximum absolute atomic E-state index is 13.6. The van der Waals surface area contributed by atoms with Gasteiger partial charge in [-0.2, -0.15) is 10.1 Å². The summed E-state index contributed by atoms with van der Waals surface area (Å²) in [5.74, 6) is -0.575. The molecule has 300 valence electrons. The second kappa shape index (κ2) is 14.6. The monoisotopic (exact) mass is 760 g/mol. The third-order valence-corrected chi connectivity index (χ3v) is 11.3. The lowest BCUT2D eigenvalue weighted by molar-refractivity contribution is -0.305. The van der Waals surface area contributed by atoms with Crippen LogP contribution in [0, 0.1) is 0 Å². The smallest absolute Gasteiger partial charge is 0.421 e. The molecule has 4 aliphatic rings. The van der Waals surface area contributed by atoms with E-state index in [1.165, 1.54) is 0 Å². The van der Waals surface area contributed by atoms with Crippen molar-refractivity contribution in [3.63, 3.8) is 0 Å². The van der Waals surface area contributed by atoms with Crippen molar-refractivity contribution in [2.45, 2.75) is 160 Å². The highest BCUT2D eigenvalue weighted by atomic mass is 16.7. The van der Waals surface area contributed by atoms with Gasteiger partial charge in [-0.1, -0.05) is 38.1 Å². The molecule has 4 heterocycles. The number of hydrogen-bond donors (Lipinski definition) is 0. The fourth-order valence-corrected chi connectivity index (χ4v) is 10.4. The van der Waals surface area contributed by atoms with E-state index in [1.54, 1.807) is 24.3 Å². The quantitative estimate of drug-likeness (QED) is 0.233. The number of nitrogens with zero attached hydrogens (tertiary/aromatic N) is 4. The zero-order valence-corrected chi connectivity index (χ0v) is 34.5. The fourth-order valence-electron chi connectivity index (χ4n) is 10.4. The first-order valence-electron chi connectivity index (χ1n) is 19.8. The molecule has 0 saturated carbocycles. The first-order chi connectivity index (χ1) is 25.7. The molecule has 2 aromatic rings. The number of ether oxygens (including phenoxy) is 2. The summed E-state index contributed by atoms with van der Waals surface area (Å²) in [7, 11) is 0. The maximum atomic E-state index is 13.6. The average Bonchev–Trinajstić information content (AvgIpc) is 3.03. The third kappa shape index (κ3) is 8.06. The van der Waals surface area contributed by atoms with Gasteiger partial charge in [0.05, 0.1) is 37.4 Å². The summed E-state index contributed by atoms with van der Waals surface area (Å²) in [4.78, 5) is 68.8. The van der Waals surface area contributed by atoms with Crippen LogP contribution in [0.1, 0.15) is 132 Å². The minimum Gasteiger partial charge on any atom is -0.442 e. The van der Waals surface area contributed by atoms with Crippen LogP contribution in [0.3, 0.4) is 0 Å². The number of rotatable bonds is 10. The van der Waals surface area contributed by atoms with Crippen molar-refractivity contribution in [2.24, 2.45) is 0 Å². The molecule has 0 atom stereocenters. The summed E-state index contributed by atoms with van der Waals surface area (Å²) >= 11 is 0. The number of amides is 4. The normalized spacial score (nSPS) is 24.3. The number of piperidine rings is 2. The highest BCUT2D eigenvalue weighted by Crippen LogP contribution is 2.50. The summed E-state index contributed by atoms with van der Waals surface area (Å²) in [5, 5.41) is 4.02. The van der Waals surface area contributed by atoms with Crippen LogP contribution in [0.5, 0.6) is 0 Å². The van der Waals surface area contributed by atoms with Crippen molar-refractivity contribution >= 4 is 35.4 Å². The van der Waals surface area contributed by atoms with Crippen molar-refractivity contribution in [1.29, 1.82) is 0 Å². The van der Waals surface area contributed by atoms with E-state index in [0.29, 0.717) is 56.7 Å². The molecule has 4 aliphatic heterocycles. The Balaban J connectivity index is 1.08. The molecule has 6 rings (SSSR count). The summed E-state index contributed by atoms with van der Waals surface area (Å²) in [6.45, 7) is 21.8. The van der Waals surface area contributed by atoms with E-state index in [-0.39, 0.29) is 24.7 Å². The van der Waals surface area contributed by atoms with Crippen LogP contribution in [0.15, 0.2) is 48.5 Å². The molecule has 2 spiro atoms. The van der Waals surface area contributed by atoms with Gasteiger partial charge in [0.15, 0.2) is 0 Å². The Morgan fingerprint density at radius 1 is 0.527 bits per heavy atom. The van der Waals surface area contributed by atoms with E-state index in [4.69, 9.17) is 19.1 Å². The van der Waals surface area contributed by atoms with Crippen LogP contribution in [0.2, 0.25) is 0 Å². The second-order valence-corrected chi connectivity index (χ2v) is 18.6. The first kappa shape index (κ1) is 40.8. The van der Waals surface area contributed by atoms with Crippen molar-refractivity contribution in [3.05, 3.63) is 59.7 Å². The minimum absolute atomic E-state index is 0.0952.